The van der Waals surface area contributed by atoms with Gasteiger partial charge in [-0.05, 0) is 24.3 Å². The number of benzene rings is 1. The molecule has 0 atom stereocenters. The van der Waals surface area contributed by atoms with Gasteiger partial charge < -0.3 is 9.51 Å². The zero-order valence-electron chi connectivity index (χ0n) is 10.8. The van der Waals surface area contributed by atoms with Crippen LogP contribution in [0.1, 0.15) is 5.69 Å². The Balaban J connectivity index is 2.25. The van der Waals surface area contributed by atoms with Gasteiger partial charge in [-0.15, -0.1) is 0 Å². The van der Waals surface area contributed by atoms with Gasteiger partial charge in [-0.1, -0.05) is 35.3 Å². The van der Waals surface area contributed by atoms with Gasteiger partial charge >= 0.3 is 5.97 Å². The second-order valence-corrected chi connectivity index (χ2v) is 5.43. The molecule has 0 unspecified atom stereocenters. The lowest BCUT2D eigenvalue weighted by Gasteiger charge is -2.03. The first-order valence-electron chi connectivity index (χ1n) is 6.19. The maximum atomic E-state index is 11.1. The van der Waals surface area contributed by atoms with E-state index in [-0.39, 0.29) is 6.42 Å². The normalized spacial score (nSPS) is 11.0. The van der Waals surface area contributed by atoms with E-state index in [4.69, 9.17) is 28.3 Å². The summed E-state index contributed by atoms with van der Waals surface area (Å²) < 4.78 is 1.71. The molecule has 21 heavy (non-hydrogen) atoms. The van der Waals surface area contributed by atoms with Crippen LogP contribution in [-0.2, 0) is 11.2 Å². The van der Waals surface area contributed by atoms with E-state index in [1.54, 1.807) is 34.9 Å². The number of halogens is 2. The van der Waals surface area contributed by atoms with Crippen LogP contribution in [0.2, 0.25) is 10.0 Å². The number of rotatable bonds is 3. The lowest BCUT2D eigenvalue weighted by atomic mass is 10.1. The number of imidazole rings is 1. The van der Waals surface area contributed by atoms with E-state index >= 15 is 0 Å². The molecule has 2 aromatic heterocycles. The summed E-state index contributed by atoms with van der Waals surface area (Å²) >= 11 is 11.9. The predicted molar refractivity (Wildman–Crippen MR) is 82.0 cm³/mol. The van der Waals surface area contributed by atoms with Crippen molar-refractivity contribution in [3.8, 4) is 11.3 Å². The smallest absolute Gasteiger partial charge is 0.309 e. The Hall–Kier alpha value is -2.04. The van der Waals surface area contributed by atoms with Gasteiger partial charge in [0.15, 0.2) is 0 Å². The molecule has 3 rings (SSSR count). The van der Waals surface area contributed by atoms with Crippen molar-refractivity contribution in [3.63, 3.8) is 0 Å². The van der Waals surface area contributed by atoms with Crippen molar-refractivity contribution >= 4 is 34.8 Å². The molecule has 4 nitrogen and oxygen atoms in total. The quantitative estimate of drug-likeness (QED) is 0.795. The number of aromatic nitrogens is 2. The first-order chi connectivity index (χ1) is 10.0. The molecule has 0 saturated carbocycles. The number of carbonyl (C=O) groups is 1. The Morgan fingerprint density at radius 3 is 2.43 bits per heavy atom. The van der Waals surface area contributed by atoms with Gasteiger partial charge in [0.1, 0.15) is 5.65 Å². The predicted octanol–water partition coefficient (Wildman–Crippen LogP) is 3.94. The highest BCUT2D eigenvalue weighted by Gasteiger charge is 2.16. The number of nitrogens with zero attached hydrogens (tertiary/aromatic N) is 2. The maximum Gasteiger partial charge on any atom is 0.309 e. The van der Waals surface area contributed by atoms with E-state index in [2.05, 4.69) is 4.98 Å². The number of aliphatic carboxylic acids is 1. The van der Waals surface area contributed by atoms with E-state index in [0.29, 0.717) is 27.1 Å². The van der Waals surface area contributed by atoms with Gasteiger partial charge in [-0.25, -0.2) is 4.98 Å². The Bertz CT molecular complexity index is 826. The topological polar surface area (TPSA) is 54.6 Å². The van der Waals surface area contributed by atoms with Crippen LogP contribution in [-0.4, -0.2) is 20.5 Å². The van der Waals surface area contributed by atoms with Crippen LogP contribution >= 0.6 is 23.2 Å². The molecular formula is C15H10Cl2N2O2. The number of fused-ring (bicyclic) bond motifs is 1. The Morgan fingerprint density at radius 2 is 1.76 bits per heavy atom. The number of carboxylic acids is 1. The molecule has 6 heteroatoms. The van der Waals surface area contributed by atoms with E-state index in [1.165, 1.54) is 0 Å². The van der Waals surface area contributed by atoms with Gasteiger partial charge in [0.05, 0.1) is 22.8 Å². The summed E-state index contributed by atoms with van der Waals surface area (Å²) in [6.45, 7) is 0. The van der Waals surface area contributed by atoms with Crippen LogP contribution in [0, 0.1) is 0 Å². The summed E-state index contributed by atoms with van der Waals surface area (Å²) in [4.78, 5) is 15.6. The van der Waals surface area contributed by atoms with Crippen molar-refractivity contribution in [1.29, 1.82) is 0 Å². The molecule has 0 amide bonds. The fraction of sp³-hybridized carbons (Fsp3) is 0.0667. The van der Waals surface area contributed by atoms with E-state index in [0.717, 1.165) is 5.56 Å². The molecule has 0 aliphatic carbocycles. The van der Waals surface area contributed by atoms with Crippen LogP contribution in [0.3, 0.4) is 0 Å². The molecule has 0 spiro atoms. The van der Waals surface area contributed by atoms with Crippen LogP contribution in [0.4, 0.5) is 0 Å². The minimum absolute atomic E-state index is 0.139. The summed E-state index contributed by atoms with van der Waals surface area (Å²) in [5, 5.41) is 10.3. The van der Waals surface area contributed by atoms with Crippen molar-refractivity contribution in [2.24, 2.45) is 0 Å². The third-order valence-electron chi connectivity index (χ3n) is 3.12. The van der Waals surface area contributed by atoms with Gasteiger partial charge in [0.2, 0.25) is 0 Å². The third-order valence-corrected chi connectivity index (χ3v) is 3.59. The van der Waals surface area contributed by atoms with Crippen molar-refractivity contribution < 1.29 is 9.90 Å². The molecule has 106 valence electrons. The minimum atomic E-state index is -0.924. The molecule has 2 heterocycles. The maximum absolute atomic E-state index is 11.1. The molecule has 0 aliphatic rings. The van der Waals surface area contributed by atoms with Crippen LogP contribution in [0.5, 0.6) is 0 Å². The van der Waals surface area contributed by atoms with Crippen molar-refractivity contribution in [1.82, 2.24) is 9.38 Å². The summed E-state index contributed by atoms with van der Waals surface area (Å²) in [5.41, 5.74) is 2.68. The fourth-order valence-corrected chi connectivity index (χ4v) is 2.51. The first-order valence-corrected chi connectivity index (χ1v) is 6.94. The monoisotopic (exact) mass is 320 g/mol. The summed E-state index contributed by atoms with van der Waals surface area (Å²) in [6, 6.07) is 10.6. The van der Waals surface area contributed by atoms with Crippen LogP contribution in [0.25, 0.3) is 16.9 Å². The minimum Gasteiger partial charge on any atom is -0.481 e. The Kier molecular flexibility index (Phi) is 3.57. The molecule has 0 bridgehead atoms. The zero-order chi connectivity index (χ0) is 15.0. The number of hydrogen-bond acceptors (Lipinski definition) is 2. The summed E-state index contributed by atoms with van der Waals surface area (Å²) in [5.74, 6) is -0.924. The molecule has 0 radical (unpaired) electrons. The summed E-state index contributed by atoms with van der Waals surface area (Å²) in [6.07, 6.45) is 1.53. The van der Waals surface area contributed by atoms with Gasteiger partial charge in [0.25, 0.3) is 0 Å². The number of pyridine rings is 1. The largest absolute Gasteiger partial charge is 0.481 e. The Morgan fingerprint density at radius 1 is 1.10 bits per heavy atom. The molecule has 1 aromatic carbocycles. The number of hydrogen-bond donors (Lipinski definition) is 1. The van der Waals surface area contributed by atoms with E-state index < -0.39 is 5.97 Å². The molecule has 0 saturated heterocycles. The molecule has 0 fully saturated rings. The highest BCUT2D eigenvalue weighted by atomic mass is 35.5. The number of carboxylic acid groups (broad SMARTS) is 1. The lowest BCUT2D eigenvalue weighted by molar-refractivity contribution is -0.136. The second-order valence-electron chi connectivity index (χ2n) is 4.56. The van der Waals surface area contributed by atoms with Crippen molar-refractivity contribution in [2.75, 3.05) is 0 Å². The highest BCUT2D eigenvalue weighted by Crippen LogP contribution is 2.27. The van der Waals surface area contributed by atoms with Gasteiger partial charge in [0, 0.05) is 16.8 Å². The second kappa shape index (κ2) is 5.39. The van der Waals surface area contributed by atoms with Gasteiger partial charge in [-0.2, -0.15) is 0 Å². The lowest BCUT2D eigenvalue weighted by Crippen LogP contribution is -2.04. The molecule has 3 aromatic rings. The average Bonchev–Trinajstić information content (AvgIpc) is 2.77. The van der Waals surface area contributed by atoms with E-state index in [1.807, 2.05) is 12.1 Å². The average molecular weight is 321 g/mol. The molecular weight excluding hydrogens is 311 g/mol. The summed E-state index contributed by atoms with van der Waals surface area (Å²) in [7, 11) is 0. The van der Waals surface area contributed by atoms with E-state index in [9.17, 15) is 4.79 Å². The van der Waals surface area contributed by atoms with Gasteiger partial charge in [-0.3, -0.25) is 4.79 Å². The molecule has 1 N–H and O–H groups in total. The zero-order valence-corrected chi connectivity index (χ0v) is 12.3. The van der Waals surface area contributed by atoms with Crippen molar-refractivity contribution in [2.45, 2.75) is 6.42 Å². The van der Waals surface area contributed by atoms with Crippen LogP contribution in [0.15, 0.2) is 42.6 Å². The highest BCUT2D eigenvalue weighted by molar-refractivity contribution is 6.30. The Labute approximate surface area is 130 Å². The standard InChI is InChI=1S/C15H10Cl2N2O2/c16-10-3-1-9(2-4-10)15-12(7-14(20)21)19-8-11(17)5-6-13(19)18-15/h1-6,8H,7H2,(H,20,21). The fourth-order valence-electron chi connectivity index (χ4n) is 2.22. The third kappa shape index (κ3) is 2.73. The SMILES string of the molecule is O=C(O)Cc1c(-c2ccc(Cl)cc2)nc2ccc(Cl)cn12. The molecule has 0 aliphatic heterocycles. The first kappa shape index (κ1) is 13.9. The van der Waals surface area contributed by atoms with Crippen molar-refractivity contribution in [3.05, 3.63) is 58.3 Å². The van der Waals surface area contributed by atoms with Crippen LogP contribution < -0.4 is 0 Å².